The van der Waals surface area contributed by atoms with Gasteiger partial charge in [-0.05, 0) is 6.92 Å². The van der Waals surface area contributed by atoms with Crippen LogP contribution >= 0.6 is 0 Å². The number of hydrogen-bond acceptors (Lipinski definition) is 4. The summed E-state index contributed by atoms with van der Waals surface area (Å²) in [6.45, 7) is 1.69. The number of nitrogens with zero attached hydrogens (tertiary/aromatic N) is 2. The van der Waals surface area contributed by atoms with Crippen LogP contribution in [-0.2, 0) is 11.2 Å². The highest BCUT2D eigenvalue weighted by Crippen LogP contribution is 1.99. The number of carboxylic acids is 1. The Morgan fingerprint density at radius 3 is 2.91 bits per heavy atom. The molecule has 0 saturated carbocycles. The molecule has 60 valence electrons. The summed E-state index contributed by atoms with van der Waals surface area (Å²) in [5, 5.41) is 11.8. The molecule has 0 aliphatic heterocycles. The van der Waals surface area contributed by atoms with Gasteiger partial charge in [0.15, 0.2) is 5.82 Å². The minimum atomic E-state index is -0.860. The molecule has 0 amide bonds. The minimum Gasteiger partial charge on any atom is -0.481 e. The molecule has 0 atom stereocenters. The van der Waals surface area contributed by atoms with Crippen molar-refractivity contribution in [3.8, 4) is 0 Å². The van der Waals surface area contributed by atoms with E-state index in [2.05, 4.69) is 10.1 Å². The average molecular weight is 156 g/mol. The molecule has 0 aromatic carbocycles. The highest BCUT2D eigenvalue weighted by Gasteiger charge is 2.04. The Bertz CT molecular complexity index is 256. The molecule has 11 heavy (non-hydrogen) atoms. The van der Waals surface area contributed by atoms with Crippen molar-refractivity contribution in [1.29, 1.82) is 0 Å². The third kappa shape index (κ3) is 2.37. The summed E-state index contributed by atoms with van der Waals surface area (Å²) in [7, 11) is 0. The van der Waals surface area contributed by atoms with Crippen LogP contribution in [0.5, 0.6) is 0 Å². The summed E-state index contributed by atoms with van der Waals surface area (Å²) in [6, 6.07) is 0. The molecule has 1 aromatic heterocycles. The molecule has 0 bridgehead atoms. The first kappa shape index (κ1) is 7.71. The van der Waals surface area contributed by atoms with Gasteiger partial charge in [-0.3, -0.25) is 4.79 Å². The monoisotopic (exact) mass is 156 g/mol. The first-order valence-electron chi connectivity index (χ1n) is 3.19. The zero-order chi connectivity index (χ0) is 8.27. The molecule has 5 nitrogen and oxygen atoms in total. The number of aryl methyl sites for hydroxylation is 2. The predicted molar refractivity (Wildman–Crippen MR) is 35.0 cm³/mol. The van der Waals surface area contributed by atoms with Gasteiger partial charge in [0.05, 0.1) is 6.42 Å². The maximum Gasteiger partial charge on any atom is 0.303 e. The maximum absolute atomic E-state index is 10.1. The van der Waals surface area contributed by atoms with Crippen LogP contribution in [0.3, 0.4) is 0 Å². The van der Waals surface area contributed by atoms with E-state index < -0.39 is 5.97 Å². The van der Waals surface area contributed by atoms with Crippen molar-refractivity contribution in [1.82, 2.24) is 10.1 Å². The zero-order valence-corrected chi connectivity index (χ0v) is 6.07. The smallest absolute Gasteiger partial charge is 0.303 e. The minimum absolute atomic E-state index is 0.0294. The van der Waals surface area contributed by atoms with Crippen LogP contribution in [0.15, 0.2) is 4.52 Å². The van der Waals surface area contributed by atoms with Gasteiger partial charge in [0.2, 0.25) is 5.89 Å². The topological polar surface area (TPSA) is 76.2 Å². The van der Waals surface area contributed by atoms with Gasteiger partial charge in [-0.1, -0.05) is 5.16 Å². The van der Waals surface area contributed by atoms with Crippen molar-refractivity contribution < 1.29 is 14.4 Å². The largest absolute Gasteiger partial charge is 0.481 e. The van der Waals surface area contributed by atoms with Gasteiger partial charge in [0, 0.05) is 6.42 Å². The molecule has 0 aliphatic rings. The summed E-state index contributed by atoms with van der Waals surface area (Å²) in [5.41, 5.74) is 0. The van der Waals surface area contributed by atoms with E-state index in [0.717, 1.165) is 0 Å². The molecule has 0 unspecified atom stereocenters. The van der Waals surface area contributed by atoms with E-state index in [9.17, 15) is 4.79 Å². The third-order valence-electron chi connectivity index (χ3n) is 1.12. The number of carbonyl (C=O) groups is 1. The Labute approximate surface area is 63.0 Å². The highest BCUT2D eigenvalue weighted by molar-refractivity contribution is 5.66. The van der Waals surface area contributed by atoms with Gasteiger partial charge in [-0.2, -0.15) is 4.98 Å². The van der Waals surface area contributed by atoms with Crippen molar-refractivity contribution >= 4 is 5.97 Å². The van der Waals surface area contributed by atoms with Gasteiger partial charge in [0.25, 0.3) is 0 Å². The summed E-state index contributed by atoms with van der Waals surface area (Å²) in [4.78, 5) is 13.9. The number of aliphatic carboxylic acids is 1. The van der Waals surface area contributed by atoms with Gasteiger partial charge in [0.1, 0.15) is 0 Å². The Balaban J connectivity index is 2.45. The van der Waals surface area contributed by atoms with Crippen LogP contribution in [0.2, 0.25) is 0 Å². The highest BCUT2D eigenvalue weighted by atomic mass is 16.5. The maximum atomic E-state index is 10.1. The lowest BCUT2D eigenvalue weighted by atomic mass is 10.3. The van der Waals surface area contributed by atoms with E-state index in [4.69, 9.17) is 9.63 Å². The first-order chi connectivity index (χ1) is 5.18. The van der Waals surface area contributed by atoms with E-state index >= 15 is 0 Å². The SMILES string of the molecule is Cc1noc(CCC(=O)O)n1. The standard InChI is InChI=1S/C6H8N2O3/c1-4-7-5(11-8-4)2-3-6(9)10/h2-3H2,1H3,(H,9,10). The lowest BCUT2D eigenvalue weighted by molar-refractivity contribution is -0.137. The van der Waals surface area contributed by atoms with Crippen LogP contribution in [0.4, 0.5) is 0 Å². The van der Waals surface area contributed by atoms with Crippen LogP contribution in [0, 0.1) is 6.92 Å². The quantitative estimate of drug-likeness (QED) is 0.685. The fourth-order valence-corrected chi connectivity index (χ4v) is 0.655. The number of hydrogen-bond donors (Lipinski definition) is 1. The number of carboxylic acid groups (broad SMARTS) is 1. The first-order valence-corrected chi connectivity index (χ1v) is 3.19. The summed E-state index contributed by atoms with van der Waals surface area (Å²) >= 11 is 0. The fraction of sp³-hybridized carbons (Fsp3) is 0.500. The zero-order valence-electron chi connectivity index (χ0n) is 6.07. The van der Waals surface area contributed by atoms with Crippen molar-refractivity contribution in [2.75, 3.05) is 0 Å². The van der Waals surface area contributed by atoms with E-state index in [0.29, 0.717) is 18.1 Å². The van der Waals surface area contributed by atoms with Crippen LogP contribution in [0.25, 0.3) is 0 Å². The second-order valence-electron chi connectivity index (χ2n) is 2.13. The van der Waals surface area contributed by atoms with Crippen LogP contribution in [0.1, 0.15) is 18.1 Å². The Morgan fingerprint density at radius 1 is 1.73 bits per heavy atom. The Hall–Kier alpha value is -1.39. The summed E-state index contributed by atoms with van der Waals surface area (Å²) < 4.78 is 4.69. The van der Waals surface area contributed by atoms with Gasteiger partial charge >= 0.3 is 5.97 Å². The molecule has 0 fully saturated rings. The van der Waals surface area contributed by atoms with E-state index in [1.807, 2.05) is 0 Å². The second-order valence-corrected chi connectivity index (χ2v) is 2.13. The average Bonchev–Trinajstić information content (AvgIpc) is 2.31. The fourth-order valence-electron chi connectivity index (χ4n) is 0.655. The van der Waals surface area contributed by atoms with Gasteiger partial charge in [-0.15, -0.1) is 0 Å². The molecule has 1 aromatic rings. The summed E-state index contributed by atoms with van der Waals surface area (Å²) in [6.07, 6.45) is 0.331. The summed E-state index contributed by atoms with van der Waals surface area (Å²) in [5.74, 6) is 0.0520. The molecule has 0 aliphatic carbocycles. The van der Waals surface area contributed by atoms with Gasteiger partial charge < -0.3 is 9.63 Å². The predicted octanol–water partition coefficient (Wildman–Crippen LogP) is 0.395. The van der Waals surface area contributed by atoms with Gasteiger partial charge in [-0.25, -0.2) is 0 Å². The van der Waals surface area contributed by atoms with Crippen LogP contribution in [-0.4, -0.2) is 21.2 Å². The molecule has 5 heteroatoms. The molecule has 1 heterocycles. The van der Waals surface area contributed by atoms with E-state index in [1.165, 1.54) is 0 Å². The molecule has 0 saturated heterocycles. The van der Waals surface area contributed by atoms with E-state index in [-0.39, 0.29) is 6.42 Å². The van der Waals surface area contributed by atoms with Crippen LogP contribution < -0.4 is 0 Å². The molecule has 0 spiro atoms. The molecule has 0 radical (unpaired) electrons. The van der Waals surface area contributed by atoms with Crippen molar-refractivity contribution in [2.45, 2.75) is 19.8 Å². The van der Waals surface area contributed by atoms with Crippen molar-refractivity contribution in [3.63, 3.8) is 0 Å². The Morgan fingerprint density at radius 2 is 2.45 bits per heavy atom. The molecule has 1 N–H and O–H groups in total. The lowest BCUT2D eigenvalue weighted by Crippen LogP contribution is -1.97. The van der Waals surface area contributed by atoms with Crippen molar-refractivity contribution in [3.05, 3.63) is 11.7 Å². The Kier molecular flexibility index (Phi) is 2.20. The van der Waals surface area contributed by atoms with E-state index in [1.54, 1.807) is 6.92 Å². The third-order valence-corrected chi connectivity index (χ3v) is 1.12. The molecule has 1 rings (SSSR count). The number of aromatic nitrogens is 2. The second kappa shape index (κ2) is 3.14. The molecular formula is C6H8N2O3. The number of rotatable bonds is 3. The lowest BCUT2D eigenvalue weighted by Gasteiger charge is -1.86. The molecular weight excluding hydrogens is 148 g/mol. The van der Waals surface area contributed by atoms with Crippen molar-refractivity contribution in [2.24, 2.45) is 0 Å². The normalized spacial score (nSPS) is 9.91.